The van der Waals surface area contributed by atoms with Crippen LogP contribution in [0.3, 0.4) is 0 Å². The van der Waals surface area contributed by atoms with Crippen molar-refractivity contribution < 1.29 is 19.1 Å². The molecule has 2 amide bonds. The Bertz CT molecular complexity index is 1030. The van der Waals surface area contributed by atoms with E-state index in [4.69, 9.17) is 9.47 Å². The number of nitrogens with zero attached hydrogens (tertiary/aromatic N) is 1. The monoisotopic (exact) mass is 411 g/mol. The van der Waals surface area contributed by atoms with E-state index < -0.39 is 0 Å². The highest BCUT2D eigenvalue weighted by atomic mass is 32.1. The summed E-state index contributed by atoms with van der Waals surface area (Å²) in [5, 5.41) is 7.97. The first-order valence-electron chi connectivity index (χ1n) is 8.83. The number of benzene rings is 2. The van der Waals surface area contributed by atoms with Crippen LogP contribution < -0.4 is 20.1 Å². The van der Waals surface area contributed by atoms with Gasteiger partial charge in [-0.25, -0.2) is 4.98 Å². The molecule has 3 aromatic rings. The predicted molar refractivity (Wildman–Crippen MR) is 113 cm³/mol. The van der Waals surface area contributed by atoms with E-state index in [1.807, 2.05) is 23.6 Å². The SMILES string of the molecule is CNC(=O)c1ccccc1NC(=O)Cc1csc(-c2ccc(OC)c(OC)c2)n1. The Balaban J connectivity index is 1.72. The van der Waals surface area contributed by atoms with Gasteiger partial charge in [0.2, 0.25) is 5.91 Å². The molecule has 150 valence electrons. The number of methoxy groups -OCH3 is 2. The average molecular weight is 411 g/mol. The van der Waals surface area contributed by atoms with Crippen LogP contribution in [0, 0.1) is 0 Å². The van der Waals surface area contributed by atoms with Gasteiger partial charge in [-0.1, -0.05) is 12.1 Å². The molecule has 7 nitrogen and oxygen atoms in total. The fourth-order valence-electron chi connectivity index (χ4n) is 2.77. The van der Waals surface area contributed by atoms with Crippen LogP contribution in [0.4, 0.5) is 5.69 Å². The van der Waals surface area contributed by atoms with Gasteiger partial charge in [-0.3, -0.25) is 9.59 Å². The number of carbonyl (C=O) groups is 2. The molecule has 0 spiro atoms. The summed E-state index contributed by atoms with van der Waals surface area (Å²) in [7, 11) is 4.71. The number of hydrogen-bond acceptors (Lipinski definition) is 6. The van der Waals surface area contributed by atoms with E-state index in [0.717, 1.165) is 10.6 Å². The summed E-state index contributed by atoms with van der Waals surface area (Å²) in [6.07, 6.45) is 0.103. The van der Waals surface area contributed by atoms with E-state index in [2.05, 4.69) is 15.6 Å². The second-order valence-electron chi connectivity index (χ2n) is 6.06. The van der Waals surface area contributed by atoms with Gasteiger partial charge in [-0.2, -0.15) is 0 Å². The Hall–Kier alpha value is -3.39. The van der Waals surface area contributed by atoms with Gasteiger partial charge in [-0.05, 0) is 30.3 Å². The van der Waals surface area contributed by atoms with Crippen LogP contribution >= 0.6 is 11.3 Å². The minimum Gasteiger partial charge on any atom is -0.493 e. The molecule has 0 unspecified atom stereocenters. The van der Waals surface area contributed by atoms with Gasteiger partial charge in [0.05, 0.1) is 37.6 Å². The van der Waals surface area contributed by atoms with Crippen LogP contribution in [-0.4, -0.2) is 38.1 Å². The molecule has 0 atom stereocenters. The lowest BCUT2D eigenvalue weighted by atomic mass is 10.1. The van der Waals surface area contributed by atoms with Gasteiger partial charge in [0.1, 0.15) is 5.01 Å². The highest BCUT2D eigenvalue weighted by Crippen LogP contribution is 2.33. The fraction of sp³-hybridized carbons (Fsp3) is 0.190. The van der Waals surface area contributed by atoms with Crippen molar-refractivity contribution in [1.29, 1.82) is 0 Å². The largest absolute Gasteiger partial charge is 0.493 e. The van der Waals surface area contributed by atoms with E-state index in [1.165, 1.54) is 11.3 Å². The van der Waals surface area contributed by atoms with Crippen LogP contribution in [0.1, 0.15) is 16.1 Å². The van der Waals surface area contributed by atoms with E-state index in [9.17, 15) is 9.59 Å². The normalized spacial score (nSPS) is 10.3. The van der Waals surface area contributed by atoms with Crippen molar-refractivity contribution in [2.24, 2.45) is 0 Å². The molecular formula is C21H21N3O4S. The summed E-state index contributed by atoms with van der Waals surface area (Å²) in [6, 6.07) is 12.4. The number of aromatic nitrogens is 1. The summed E-state index contributed by atoms with van der Waals surface area (Å²) in [5.74, 6) is 0.753. The molecular weight excluding hydrogens is 390 g/mol. The van der Waals surface area contributed by atoms with Crippen LogP contribution in [0.2, 0.25) is 0 Å². The van der Waals surface area contributed by atoms with Crippen molar-refractivity contribution in [3.05, 3.63) is 59.1 Å². The first kappa shape index (κ1) is 20.3. The minimum absolute atomic E-state index is 0.103. The maximum atomic E-state index is 12.5. The topological polar surface area (TPSA) is 89.6 Å². The highest BCUT2D eigenvalue weighted by molar-refractivity contribution is 7.13. The summed E-state index contributed by atoms with van der Waals surface area (Å²) in [4.78, 5) is 28.9. The number of rotatable bonds is 7. The molecule has 0 radical (unpaired) electrons. The molecule has 0 aliphatic carbocycles. The van der Waals surface area contributed by atoms with Crippen LogP contribution in [0.25, 0.3) is 10.6 Å². The van der Waals surface area contributed by atoms with E-state index in [0.29, 0.717) is 28.4 Å². The molecule has 0 aliphatic heterocycles. The zero-order valence-electron chi connectivity index (χ0n) is 16.3. The third-order valence-electron chi connectivity index (χ3n) is 4.20. The highest BCUT2D eigenvalue weighted by Gasteiger charge is 2.14. The first-order valence-corrected chi connectivity index (χ1v) is 9.71. The predicted octanol–water partition coefficient (Wildman–Crippen LogP) is 3.37. The number of ether oxygens (including phenoxy) is 2. The summed E-state index contributed by atoms with van der Waals surface area (Å²) < 4.78 is 10.6. The van der Waals surface area contributed by atoms with E-state index >= 15 is 0 Å². The summed E-state index contributed by atoms with van der Waals surface area (Å²) >= 11 is 1.44. The maximum absolute atomic E-state index is 12.5. The number of thiazole rings is 1. The average Bonchev–Trinajstić information content (AvgIpc) is 3.21. The second-order valence-corrected chi connectivity index (χ2v) is 6.92. The number of para-hydroxylation sites is 1. The van der Waals surface area contributed by atoms with Gasteiger partial charge >= 0.3 is 0 Å². The van der Waals surface area contributed by atoms with Gasteiger partial charge in [0.25, 0.3) is 5.91 Å². The van der Waals surface area contributed by atoms with Crippen LogP contribution in [0.15, 0.2) is 47.8 Å². The molecule has 0 saturated heterocycles. The molecule has 0 bridgehead atoms. The van der Waals surface area contributed by atoms with Crippen molar-refractivity contribution in [1.82, 2.24) is 10.3 Å². The molecule has 0 fully saturated rings. The first-order chi connectivity index (χ1) is 14.0. The zero-order chi connectivity index (χ0) is 20.8. The van der Waals surface area contributed by atoms with Gasteiger partial charge < -0.3 is 20.1 Å². The number of amides is 2. The Morgan fingerprint density at radius 2 is 1.83 bits per heavy atom. The number of carbonyl (C=O) groups excluding carboxylic acids is 2. The van der Waals surface area contributed by atoms with Gasteiger partial charge in [0, 0.05) is 18.0 Å². The minimum atomic E-state index is -0.259. The van der Waals surface area contributed by atoms with Crippen molar-refractivity contribution in [2.75, 3.05) is 26.6 Å². The molecule has 0 aliphatic rings. The van der Waals surface area contributed by atoms with Crippen LogP contribution in [0.5, 0.6) is 11.5 Å². The van der Waals surface area contributed by atoms with E-state index in [1.54, 1.807) is 45.5 Å². The second kappa shape index (κ2) is 9.20. The summed E-state index contributed by atoms with van der Waals surface area (Å²) in [5.41, 5.74) is 2.40. The zero-order valence-corrected chi connectivity index (χ0v) is 17.1. The van der Waals surface area contributed by atoms with Gasteiger partial charge in [0.15, 0.2) is 11.5 Å². The smallest absolute Gasteiger partial charge is 0.253 e. The molecule has 3 rings (SSSR count). The Morgan fingerprint density at radius 1 is 1.07 bits per heavy atom. The maximum Gasteiger partial charge on any atom is 0.253 e. The Morgan fingerprint density at radius 3 is 2.55 bits per heavy atom. The standard InChI is InChI=1S/C21H21N3O4S/c1-22-20(26)15-6-4-5-7-16(15)24-19(25)11-14-12-29-21(23-14)13-8-9-17(27-2)18(10-13)28-3/h4-10,12H,11H2,1-3H3,(H,22,26)(H,24,25). The molecule has 1 heterocycles. The fourth-order valence-corrected chi connectivity index (χ4v) is 3.59. The van der Waals surface area contributed by atoms with E-state index in [-0.39, 0.29) is 18.2 Å². The number of anilines is 1. The Kier molecular flexibility index (Phi) is 6.46. The van der Waals surface area contributed by atoms with Gasteiger partial charge in [-0.15, -0.1) is 11.3 Å². The third kappa shape index (κ3) is 4.72. The lowest BCUT2D eigenvalue weighted by Crippen LogP contribution is -2.22. The van der Waals surface area contributed by atoms with Crippen molar-refractivity contribution >= 4 is 28.8 Å². The number of hydrogen-bond donors (Lipinski definition) is 2. The quantitative estimate of drug-likeness (QED) is 0.622. The lowest BCUT2D eigenvalue weighted by Gasteiger charge is -2.09. The van der Waals surface area contributed by atoms with Crippen molar-refractivity contribution in [2.45, 2.75) is 6.42 Å². The van der Waals surface area contributed by atoms with Crippen LogP contribution in [-0.2, 0) is 11.2 Å². The molecule has 8 heteroatoms. The number of nitrogens with one attached hydrogen (secondary N) is 2. The molecule has 29 heavy (non-hydrogen) atoms. The molecule has 2 N–H and O–H groups in total. The summed E-state index contributed by atoms with van der Waals surface area (Å²) in [6.45, 7) is 0. The Labute approximate surface area is 172 Å². The molecule has 1 aromatic heterocycles. The lowest BCUT2D eigenvalue weighted by molar-refractivity contribution is -0.115. The molecule has 0 saturated carbocycles. The van der Waals surface area contributed by atoms with Crippen molar-refractivity contribution in [3.8, 4) is 22.1 Å². The molecule has 2 aromatic carbocycles. The third-order valence-corrected chi connectivity index (χ3v) is 5.14. The van der Waals surface area contributed by atoms with Crippen molar-refractivity contribution in [3.63, 3.8) is 0 Å².